The predicted octanol–water partition coefficient (Wildman–Crippen LogP) is 2.54. The number of ether oxygens (including phenoxy) is 3. The van der Waals surface area contributed by atoms with Crippen molar-refractivity contribution >= 4 is 12.2 Å². The van der Waals surface area contributed by atoms with Crippen LogP contribution in [0.3, 0.4) is 0 Å². The molecule has 0 amide bonds. The molecule has 0 saturated carbocycles. The van der Waals surface area contributed by atoms with Crippen LogP contribution in [-0.2, 0) is 16.1 Å². The molecule has 2 unspecified atom stereocenters. The molecule has 3 aliphatic rings. The monoisotopic (exact) mass is 498 g/mol. The molecular formula is C26H31FN4O5. The molecule has 2 fully saturated rings. The number of likely N-dealkylation sites (tertiary alicyclic amines) is 1. The lowest BCUT2D eigenvalue weighted by Gasteiger charge is -2.44. The molecule has 0 aromatic heterocycles. The number of carbonyl (C=O) groups is 1. The quantitative estimate of drug-likeness (QED) is 0.528. The summed E-state index contributed by atoms with van der Waals surface area (Å²) >= 11 is 0. The van der Waals surface area contributed by atoms with Crippen molar-refractivity contribution in [2.45, 2.75) is 43.9 Å². The van der Waals surface area contributed by atoms with Crippen LogP contribution in [0, 0.1) is 0 Å². The SMILES string of the molecule is COc1ccc(C2=NN(N3CCC3Oc3ccc(CN4CCC(F)(CO)CC4)cc3)C(C=O)O2)cc1. The van der Waals surface area contributed by atoms with Gasteiger partial charge in [0.15, 0.2) is 12.5 Å². The van der Waals surface area contributed by atoms with Crippen LogP contribution in [0.1, 0.15) is 30.4 Å². The van der Waals surface area contributed by atoms with E-state index in [0.717, 1.165) is 41.9 Å². The maximum atomic E-state index is 14.2. The van der Waals surface area contributed by atoms with Crippen molar-refractivity contribution in [2.75, 3.05) is 33.4 Å². The van der Waals surface area contributed by atoms with Gasteiger partial charge in [-0.1, -0.05) is 12.1 Å². The summed E-state index contributed by atoms with van der Waals surface area (Å²) in [5, 5.41) is 17.2. The first-order chi connectivity index (χ1) is 17.5. The zero-order valence-electron chi connectivity index (χ0n) is 20.3. The third kappa shape index (κ3) is 5.16. The first-order valence-electron chi connectivity index (χ1n) is 12.2. The number of piperidine rings is 1. The Kier molecular flexibility index (Phi) is 7.08. The topological polar surface area (TPSA) is 87.1 Å². The van der Waals surface area contributed by atoms with Gasteiger partial charge in [-0.05, 0) is 54.8 Å². The molecule has 2 saturated heterocycles. The predicted molar refractivity (Wildman–Crippen MR) is 130 cm³/mol. The average Bonchev–Trinajstić information content (AvgIpc) is 3.32. The Morgan fingerprint density at radius 2 is 1.81 bits per heavy atom. The second-order valence-electron chi connectivity index (χ2n) is 9.35. The zero-order chi connectivity index (χ0) is 25.1. The van der Waals surface area contributed by atoms with E-state index in [4.69, 9.17) is 14.2 Å². The minimum absolute atomic E-state index is 0.265. The maximum absolute atomic E-state index is 14.2. The standard InChI is InChI=1S/C26H31FN4O5/c1-34-21-8-4-20(5-9-21)25-28-31(24(17-32)36-25)30-13-10-23(30)35-22-6-2-19(3-7-22)16-29-14-11-26(27,18-33)12-15-29/h2-9,17,23-24,33H,10-16,18H2,1H3. The van der Waals surface area contributed by atoms with Crippen molar-refractivity contribution in [1.29, 1.82) is 0 Å². The molecule has 10 heteroatoms. The summed E-state index contributed by atoms with van der Waals surface area (Å²) in [5.74, 6) is 1.81. The van der Waals surface area contributed by atoms with Gasteiger partial charge in [0, 0.05) is 38.2 Å². The number of carbonyl (C=O) groups excluding carboxylic acids is 1. The van der Waals surface area contributed by atoms with Gasteiger partial charge in [0.25, 0.3) is 6.23 Å². The van der Waals surface area contributed by atoms with Crippen LogP contribution in [0.25, 0.3) is 0 Å². The largest absolute Gasteiger partial charge is 0.497 e. The van der Waals surface area contributed by atoms with Crippen molar-refractivity contribution in [1.82, 2.24) is 15.0 Å². The van der Waals surface area contributed by atoms with Crippen molar-refractivity contribution in [3.8, 4) is 11.5 Å². The molecule has 36 heavy (non-hydrogen) atoms. The van der Waals surface area contributed by atoms with Crippen molar-refractivity contribution < 1.29 is 28.5 Å². The molecule has 2 aromatic carbocycles. The van der Waals surface area contributed by atoms with E-state index in [2.05, 4.69) is 10.0 Å². The highest BCUT2D eigenvalue weighted by Gasteiger charge is 2.42. The van der Waals surface area contributed by atoms with Crippen LogP contribution in [0.15, 0.2) is 53.6 Å². The van der Waals surface area contributed by atoms with E-state index >= 15 is 0 Å². The number of aliphatic hydroxyl groups is 1. The third-order valence-corrected chi connectivity index (χ3v) is 6.94. The second kappa shape index (κ2) is 10.4. The van der Waals surface area contributed by atoms with E-state index in [0.29, 0.717) is 38.4 Å². The van der Waals surface area contributed by atoms with Gasteiger partial charge in [0.2, 0.25) is 5.90 Å². The average molecular weight is 499 g/mol. The Morgan fingerprint density at radius 3 is 2.39 bits per heavy atom. The van der Waals surface area contributed by atoms with Gasteiger partial charge < -0.3 is 19.3 Å². The fourth-order valence-corrected chi connectivity index (χ4v) is 4.54. The first-order valence-corrected chi connectivity index (χ1v) is 12.2. The van der Waals surface area contributed by atoms with E-state index < -0.39 is 18.5 Å². The van der Waals surface area contributed by atoms with Gasteiger partial charge in [0.1, 0.15) is 17.2 Å². The Balaban J connectivity index is 1.18. The fraction of sp³-hybridized carbons (Fsp3) is 0.462. The Labute approximate surface area is 209 Å². The fourth-order valence-electron chi connectivity index (χ4n) is 4.54. The number of rotatable bonds is 9. The number of hydrazine groups is 1. The van der Waals surface area contributed by atoms with E-state index in [1.807, 2.05) is 53.5 Å². The lowest BCUT2D eigenvalue weighted by Crippen LogP contribution is -2.60. The Bertz CT molecular complexity index is 1070. The van der Waals surface area contributed by atoms with Gasteiger partial charge >= 0.3 is 0 Å². The summed E-state index contributed by atoms with van der Waals surface area (Å²) in [7, 11) is 1.60. The molecule has 3 aliphatic heterocycles. The molecule has 0 bridgehead atoms. The second-order valence-corrected chi connectivity index (χ2v) is 9.35. The van der Waals surface area contributed by atoms with E-state index in [9.17, 15) is 14.3 Å². The molecule has 0 spiro atoms. The lowest BCUT2D eigenvalue weighted by molar-refractivity contribution is -0.218. The molecule has 192 valence electrons. The molecule has 5 rings (SSSR count). The van der Waals surface area contributed by atoms with Gasteiger partial charge in [-0.15, -0.1) is 5.10 Å². The van der Waals surface area contributed by atoms with Crippen LogP contribution < -0.4 is 9.47 Å². The number of alkyl halides is 1. The molecule has 0 radical (unpaired) electrons. The van der Waals surface area contributed by atoms with E-state index in [1.54, 1.807) is 12.2 Å². The van der Waals surface area contributed by atoms with Gasteiger partial charge in [0.05, 0.1) is 13.7 Å². The number of aldehydes is 1. The van der Waals surface area contributed by atoms with Crippen molar-refractivity contribution in [3.05, 3.63) is 59.7 Å². The highest BCUT2D eigenvalue weighted by molar-refractivity contribution is 5.95. The van der Waals surface area contributed by atoms with Crippen LogP contribution in [0.5, 0.6) is 11.5 Å². The van der Waals surface area contributed by atoms with Crippen molar-refractivity contribution in [2.24, 2.45) is 5.10 Å². The van der Waals surface area contributed by atoms with Gasteiger partial charge in [-0.2, -0.15) is 10.1 Å². The van der Waals surface area contributed by atoms with Gasteiger partial charge in [-0.25, -0.2) is 4.39 Å². The maximum Gasteiger partial charge on any atom is 0.260 e. The number of hydrogen-bond donors (Lipinski definition) is 1. The number of nitrogens with zero attached hydrogens (tertiary/aromatic N) is 4. The molecule has 1 N–H and O–H groups in total. The summed E-state index contributed by atoms with van der Waals surface area (Å²) in [6.07, 6.45) is 1.10. The Morgan fingerprint density at radius 1 is 1.11 bits per heavy atom. The zero-order valence-corrected chi connectivity index (χ0v) is 20.3. The summed E-state index contributed by atoms with van der Waals surface area (Å²) in [4.78, 5) is 13.9. The van der Waals surface area contributed by atoms with Crippen LogP contribution >= 0.6 is 0 Å². The summed E-state index contributed by atoms with van der Waals surface area (Å²) in [6, 6.07) is 15.2. The smallest absolute Gasteiger partial charge is 0.260 e. The minimum atomic E-state index is -1.44. The first kappa shape index (κ1) is 24.5. The number of hydrazone groups is 1. The van der Waals surface area contributed by atoms with Crippen molar-refractivity contribution in [3.63, 3.8) is 0 Å². The number of halogens is 1. The third-order valence-electron chi connectivity index (χ3n) is 6.94. The summed E-state index contributed by atoms with van der Waals surface area (Å²) in [5.41, 5.74) is 0.429. The van der Waals surface area contributed by atoms with E-state index in [-0.39, 0.29) is 6.23 Å². The summed E-state index contributed by atoms with van der Waals surface area (Å²) in [6.45, 7) is 2.26. The minimum Gasteiger partial charge on any atom is -0.497 e. The highest BCUT2D eigenvalue weighted by Crippen LogP contribution is 2.30. The summed E-state index contributed by atoms with van der Waals surface area (Å²) < 4.78 is 31.3. The lowest BCUT2D eigenvalue weighted by atomic mass is 9.94. The number of aliphatic hydroxyl groups excluding tert-OH is 1. The number of methoxy groups -OCH3 is 1. The normalized spacial score (nSPS) is 24.0. The number of benzene rings is 2. The number of hydrogen-bond acceptors (Lipinski definition) is 9. The molecule has 2 aromatic rings. The molecular weight excluding hydrogens is 467 g/mol. The van der Waals surface area contributed by atoms with Crippen LogP contribution in [0.4, 0.5) is 4.39 Å². The highest BCUT2D eigenvalue weighted by atomic mass is 19.1. The van der Waals surface area contributed by atoms with Gasteiger partial charge in [-0.3, -0.25) is 9.69 Å². The molecule has 9 nitrogen and oxygen atoms in total. The molecule has 0 aliphatic carbocycles. The van der Waals surface area contributed by atoms with Crippen LogP contribution in [-0.4, -0.2) is 83.8 Å². The van der Waals surface area contributed by atoms with E-state index in [1.165, 1.54) is 0 Å². The molecule has 2 atom stereocenters. The van der Waals surface area contributed by atoms with Crippen LogP contribution in [0.2, 0.25) is 0 Å². The Hall–Kier alpha value is -3.21. The molecule has 3 heterocycles.